The number of piperazine rings is 1. The van der Waals surface area contributed by atoms with Crippen LogP contribution in [0.2, 0.25) is 0 Å². The van der Waals surface area contributed by atoms with Crippen LogP contribution in [-0.2, 0) is 14.8 Å². The molecule has 0 aromatic heterocycles. The number of likely N-dealkylation sites (tertiary alicyclic amines) is 1. The van der Waals surface area contributed by atoms with Crippen LogP contribution in [0.25, 0.3) is 0 Å². The third-order valence-corrected chi connectivity index (χ3v) is 7.48. The highest BCUT2D eigenvalue weighted by atomic mass is 32.2. The molecule has 2 fully saturated rings. The molecular weight excluding hydrogens is 369 g/mol. The fourth-order valence-corrected chi connectivity index (χ4v) is 5.41. The lowest BCUT2D eigenvalue weighted by atomic mass is 10.00. The highest BCUT2D eigenvalue weighted by molar-refractivity contribution is 7.89. The van der Waals surface area contributed by atoms with Gasteiger partial charge in [-0.1, -0.05) is 19.4 Å². The average Bonchev–Trinajstić information content (AvgIpc) is 2.68. The number of halogens is 1. The summed E-state index contributed by atoms with van der Waals surface area (Å²) in [5.41, 5.74) is 0. The quantitative estimate of drug-likeness (QED) is 0.762. The van der Waals surface area contributed by atoms with Crippen molar-refractivity contribution < 1.29 is 17.6 Å². The molecule has 2 heterocycles. The number of rotatable bonds is 5. The SMILES string of the molecule is CCC1CCCCN1CC(=O)N1CCN(S(=O)(=O)c2cccc(F)c2)CC1. The van der Waals surface area contributed by atoms with Gasteiger partial charge in [-0.25, -0.2) is 12.8 Å². The van der Waals surface area contributed by atoms with Crippen LogP contribution in [-0.4, -0.2) is 73.7 Å². The molecule has 0 radical (unpaired) electrons. The van der Waals surface area contributed by atoms with Gasteiger partial charge in [0.05, 0.1) is 11.4 Å². The Kier molecular flexibility index (Phi) is 6.49. The van der Waals surface area contributed by atoms with Crippen molar-refractivity contribution in [1.82, 2.24) is 14.1 Å². The minimum atomic E-state index is -3.73. The number of carbonyl (C=O) groups is 1. The van der Waals surface area contributed by atoms with Crippen molar-refractivity contribution in [3.63, 3.8) is 0 Å². The number of sulfonamides is 1. The summed E-state index contributed by atoms with van der Waals surface area (Å²) in [6, 6.07) is 5.52. The Morgan fingerprint density at radius 2 is 1.89 bits per heavy atom. The van der Waals surface area contributed by atoms with Crippen LogP contribution < -0.4 is 0 Å². The van der Waals surface area contributed by atoms with Gasteiger partial charge < -0.3 is 4.90 Å². The monoisotopic (exact) mass is 397 g/mol. The maximum atomic E-state index is 13.4. The van der Waals surface area contributed by atoms with E-state index >= 15 is 0 Å². The van der Waals surface area contributed by atoms with E-state index < -0.39 is 15.8 Å². The van der Waals surface area contributed by atoms with E-state index in [1.807, 2.05) is 0 Å². The zero-order chi connectivity index (χ0) is 19.4. The van der Waals surface area contributed by atoms with Crippen molar-refractivity contribution >= 4 is 15.9 Å². The first-order valence-corrected chi connectivity index (χ1v) is 11.1. The van der Waals surface area contributed by atoms with Gasteiger partial charge >= 0.3 is 0 Å². The molecule has 2 aliphatic rings. The lowest BCUT2D eigenvalue weighted by Gasteiger charge is -2.38. The van der Waals surface area contributed by atoms with Crippen LogP contribution >= 0.6 is 0 Å². The van der Waals surface area contributed by atoms with Crippen molar-refractivity contribution in [2.24, 2.45) is 0 Å². The molecule has 0 N–H and O–H groups in total. The summed E-state index contributed by atoms with van der Waals surface area (Å²) in [4.78, 5) is 16.6. The fraction of sp³-hybridized carbons (Fsp3) is 0.632. The Labute approximate surface area is 161 Å². The van der Waals surface area contributed by atoms with Crippen LogP contribution in [0.15, 0.2) is 29.2 Å². The standard InChI is InChI=1S/C19H28FN3O3S/c1-2-17-7-3-4-9-22(17)15-19(24)21-10-12-23(13-11-21)27(25,26)18-8-5-6-16(20)14-18/h5-6,8,14,17H,2-4,7,9-13,15H2,1H3. The highest BCUT2D eigenvalue weighted by Crippen LogP contribution is 2.21. The maximum Gasteiger partial charge on any atom is 0.243 e. The minimum absolute atomic E-state index is 0.0404. The summed E-state index contributed by atoms with van der Waals surface area (Å²) >= 11 is 0. The van der Waals surface area contributed by atoms with E-state index in [2.05, 4.69) is 11.8 Å². The molecule has 3 rings (SSSR count). The van der Waals surface area contributed by atoms with Crippen molar-refractivity contribution in [1.29, 1.82) is 0 Å². The number of carbonyl (C=O) groups excluding carboxylic acids is 1. The second-order valence-corrected chi connectivity index (χ2v) is 9.21. The number of piperidine rings is 1. The summed E-state index contributed by atoms with van der Waals surface area (Å²) in [7, 11) is -3.73. The van der Waals surface area contributed by atoms with Crippen LogP contribution in [0, 0.1) is 5.82 Å². The molecular formula is C19H28FN3O3S. The van der Waals surface area contributed by atoms with Crippen LogP contribution in [0.5, 0.6) is 0 Å². The molecule has 0 aliphatic carbocycles. The van der Waals surface area contributed by atoms with Gasteiger partial charge in [0, 0.05) is 32.2 Å². The van der Waals surface area contributed by atoms with Crippen molar-refractivity contribution in [2.75, 3.05) is 39.3 Å². The van der Waals surface area contributed by atoms with E-state index in [1.165, 1.54) is 28.9 Å². The lowest BCUT2D eigenvalue weighted by molar-refractivity contribution is -0.134. The molecule has 1 aromatic rings. The Morgan fingerprint density at radius 1 is 1.15 bits per heavy atom. The molecule has 1 unspecified atom stereocenters. The minimum Gasteiger partial charge on any atom is -0.339 e. The first-order chi connectivity index (χ1) is 12.9. The van der Waals surface area contributed by atoms with Crippen LogP contribution in [0.1, 0.15) is 32.6 Å². The Hall–Kier alpha value is -1.51. The zero-order valence-corrected chi connectivity index (χ0v) is 16.6. The van der Waals surface area contributed by atoms with E-state index in [4.69, 9.17) is 0 Å². The molecule has 8 heteroatoms. The van der Waals surface area contributed by atoms with Crippen LogP contribution in [0.3, 0.4) is 0 Å². The normalized spacial score (nSPS) is 22.7. The summed E-state index contributed by atoms with van der Waals surface area (Å²) < 4.78 is 40.0. The van der Waals surface area contributed by atoms with Gasteiger partial charge in [-0.2, -0.15) is 4.31 Å². The van der Waals surface area contributed by atoms with E-state index in [9.17, 15) is 17.6 Å². The molecule has 0 spiro atoms. The molecule has 0 bridgehead atoms. The van der Waals surface area contributed by atoms with Gasteiger partial charge in [-0.15, -0.1) is 0 Å². The molecule has 1 atom stereocenters. The molecule has 1 aromatic carbocycles. The Morgan fingerprint density at radius 3 is 2.56 bits per heavy atom. The number of hydrogen-bond donors (Lipinski definition) is 0. The largest absolute Gasteiger partial charge is 0.339 e. The van der Waals surface area contributed by atoms with Crippen molar-refractivity contribution in [3.05, 3.63) is 30.1 Å². The predicted octanol–water partition coefficient (Wildman–Crippen LogP) is 1.92. The molecule has 27 heavy (non-hydrogen) atoms. The summed E-state index contributed by atoms with van der Waals surface area (Å²) in [5, 5.41) is 0. The summed E-state index contributed by atoms with van der Waals surface area (Å²) in [6.07, 6.45) is 4.54. The van der Waals surface area contributed by atoms with Gasteiger partial charge in [-0.05, 0) is 44.0 Å². The lowest BCUT2D eigenvalue weighted by Crippen LogP contribution is -2.53. The number of amides is 1. The summed E-state index contributed by atoms with van der Waals surface area (Å²) in [6.45, 7) is 4.75. The highest BCUT2D eigenvalue weighted by Gasteiger charge is 2.31. The number of nitrogens with zero attached hydrogens (tertiary/aromatic N) is 3. The van der Waals surface area contributed by atoms with Gasteiger partial charge in [0.1, 0.15) is 5.82 Å². The second-order valence-electron chi connectivity index (χ2n) is 7.27. The van der Waals surface area contributed by atoms with E-state index in [0.717, 1.165) is 31.9 Å². The molecule has 1 amide bonds. The van der Waals surface area contributed by atoms with Crippen LogP contribution in [0.4, 0.5) is 4.39 Å². The van der Waals surface area contributed by atoms with Gasteiger partial charge in [0.15, 0.2) is 0 Å². The van der Waals surface area contributed by atoms with E-state index in [1.54, 1.807) is 4.90 Å². The molecule has 2 aliphatic heterocycles. The summed E-state index contributed by atoms with van der Waals surface area (Å²) in [5.74, 6) is -0.505. The molecule has 0 saturated carbocycles. The maximum absolute atomic E-state index is 13.4. The van der Waals surface area contributed by atoms with Gasteiger partial charge in [-0.3, -0.25) is 9.69 Å². The predicted molar refractivity (Wildman–Crippen MR) is 101 cm³/mol. The molecule has 2 saturated heterocycles. The number of benzene rings is 1. The van der Waals surface area contributed by atoms with Gasteiger partial charge in [0.2, 0.25) is 15.9 Å². The molecule has 150 valence electrons. The van der Waals surface area contributed by atoms with E-state index in [0.29, 0.717) is 25.7 Å². The average molecular weight is 398 g/mol. The zero-order valence-electron chi connectivity index (χ0n) is 15.8. The topological polar surface area (TPSA) is 60.9 Å². The first kappa shape index (κ1) is 20.2. The molecule has 6 nitrogen and oxygen atoms in total. The second kappa shape index (κ2) is 8.67. The Bertz CT molecular complexity index is 763. The van der Waals surface area contributed by atoms with Crippen molar-refractivity contribution in [3.8, 4) is 0 Å². The number of hydrogen-bond acceptors (Lipinski definition) is 4. The smallest absolute Gasteiger partial charge is 0.243 e. The van der Waals surface area contributed by atoms with Crippen molar-refractivity contribution in [2.45, 2.75) is 43.5 Å². The van der Waals surface area contributed by atoms with Gasteiger partial charge in [0.25, 0.3) is 0 Å². The fourth-order valence-electron chi connectivity index (χ4n) is 3.96. The Balaban J connectivity index is 1.57. The third kappa shape index (κ3) is 4.67. The van der Waals surface area contributed by atoms with E-state index in [-0.39, 0.29) is 23.9 Å². The first-order valence-electron chi connectivity index (χ1n) is 9.69. The third-order valence-electron chi connectivity index (χ3n) is 5.58.